The summed E-state index contributed by atoms with van der Waals surface area (Å²) >= 11 is 13.3. The Morgan fingerprint density at radius 1 is 0.972 bits per heavy atom. The summed E-state index contributed by atoms with van der Waals surface area (Å²) in [4.78, 5) is 16.4. The molecule has 10 heteroatoms. The number of halogens is 2. The molecule has 36 heavy (non-hydrogen) atoms. The van der Waals surface area contributed by atoms with Gasteiger partial charge in [-0.25, -0.2) is 18.2 Å². The first-order valence-electron chi connectivity index (χ1n) is 11.0. The number of carbonyl (C=O) groups is 1. The topological polar surface area (TPSA) is 93.6 Å². The van der Waals surface area contributed by atoms with Crippen LogP contribution in [0.2, 0.25) is 10.0 Å². The van der Waals surface area contributed by atoms with Gasteiger partial charge in [-0.05, 0) is 54.3 Å². The van der Waals surface area contributed by atoms with E-state index in [-0.39, 0.29) is 4.34 Å². The highest BCUT2D eigenvalue weighted by Gasteiger charge is 2.35. The minimum absolute atomic E-state index is 0.0205. The molecule has 184 valence electrons. The van der Waals surface area contributed by atoms with Crippen LogP contribution < -0.4 is 4.74 Å². The van der Waals surface area contributed by atoms with Gasteiger partial charge in [0, 0.05) is 26.0 Å². The Kier molecular flexibility index (Phi) is 6.78. The van der Waals surface area contributed by atoms with Gasteiger partial charge in [-0.1, -0.05) is 59.6 Å². The van der Waals surface area contributed by atoms with Crippen LogP contribution in [0.1, 0.15) is 26.8 Å². The number of fused-ring (bicyclic) bond motifs is 3. The second-order valence-electron chi connectivity index (χ2n) is 8.24. The number of aromatic nitrogens is 1. The zero-order chi connectivity index (χ0) is 25.4. The molecule has 0 saturated carbocycles. The molecule has 6 nitrogen and oxygen atoms in total. The summed E-state index contributed by atoms with van der Waals surface area (Å²) in [6.07, 6.45) is 1.17. The Labute approximate surface area is 222 Å². The molecule has 1 aliphatic rings. The van der Waals surface area contributed by atoms with Crippen molar-refractivity contribution in [2.24, 2.45) is 0 Å². The maximum atomic E-state index is 14.1. The van der Waals surface area contributed by atoms with Crippen molar-refractivity contribution in [3.8, 4) is 17.0 Å². The number of hydrogen-bond donors (Lipinski definition) is 1. The Balaban J connectivity index is 1.59. The average molecular weight is 560 g/mol. The zero-order valence-electron chi connectivity index (χ0n) is 18.6. The zero-order valence-corrected chi connectivity index (χ0v) is 21.8. The molecular formula is C26H19Cl2NO5S2. The number of aliphatic carboxylic acids is 1. The molecule has 0 spiro atoms. The third kappa shape index (κ3) is 4.74. The maximum Gasteiger partial charge on any atom is 0.341 e. The number of hydrogen-bond acceptors (Lipinski definition) is 6. The molecule has 4 aromatic rings. The molecule has 0 aliphatic heterocycles. The van der Waals surface area contributed by atoms with Crippen LogP contribution in [0.5, 0.6) is 5.75 Å². The average Bonchev–Trinajstić information content (AvgIpc) is 3.31. The van der Waals surface area contributed by atoms with E-state index in [9.17, 15) is 13.2 Å². The summed E-state index contributed by atoms with van der Waals surface area (Å²) in [5, 5.41) is 9.00. The van der Waals surface area contributed by atoms with Crippen molar-refractivity contribution in [3.05, 3.63) is 98.3 Å². The van der Waals surface area contributed by atoms with E-state index in [0.717, 1.165) is 16.0 Å². The summed E-state index contributed by atoms with van der Waals surface area (Å²) < 4.78 is 33.6. The van der Waals surface area contributed by atoms with Crippen molar-refractivity contribution >= 4 is 50.3 Å². The molecule has 0 radical (unpaired) electrons. The number of sulfone groups is 1. The van der Waals surface area contributed by atoms with Crippen LogP contribution in [0, 0.1) is 0 Å². The van der Waals surface area contributed by atoms with E-state index in [4.69, 9.17) is 33.0 Å². The van der Waals surface area contributed by atoms with Crippen molar-refractivity contribution in [1.82, 2.24) is 4.98 Å². The minimum atomic E-state index is -3.95. The van der Waals surface area contributed by atoms with Crippen molar-refractivity contribution in [1.29, 1.82) is 0 Å². The summed E-state index contributed by atoms with van der Waals surface area (Å²) in [7, 11) is -3.95. The summed E-state index contributed by atoms with van der Waals surface area (Å²) in [6, 6.07) is 18.8. The maximum absolute atomic E-state index is 14.1. The largest absolute Gasteiger partial charge is 0.482 e. The molecule has 0 saturated heterocycles. The van der Waals surface area contributed by atoms with Gasteiger partial charge < -0.3 is 9.84 Å². The predicted octanol–water partition coefficient (Wildman–Crippen LogP) is 6.24. The van der Waals surface area contributed by atoms with Gasteiger partial charge in [0.2, 0.25) is 14.2 Å². The van der Waals surface area contributed by atoms with Crippen molar-refractivity contribution in [2.45, 2.75) is 22.4 Å². The predicted molar refractivity (Wildman–Crippen MR) is 140 cm³/mol. The van der Waals surface area contributed by atoms with Crippen LogP contribution in [0.4, 0.5) is 0 Å². The number of nitrogens with zero attached hydrogens (tertiary/aromatic N) is 1. The van der Waals surface area contributed by atoms with Gasteiger partial charge in [0.1, 0.15) is 11.0 Å². The van der Waals surface area contributed by atoms with Gasteiger partial charge in [0.25, 0.3) is 0 Å². The number of ether oxygens (including phenoxy) is 1. The van der Waals surface area contributed by atoms with Crippen LogP contribution in [-0.2, 0) is 27.5 Å². The summed E-state index contributed by atoms with van der Waals surface area (Å²) in [5.74, 6) is -0.597. The summed E-state index contributed by atoms with van der Waals surface area (Å²) in [6.45, 7) is -0.454. The fourth-order valence-corrected chi connectivity index (χ4v) is 7.88. The number of carboxylic acid groups (broad SMARTS) is 1. The third-order valence-corrected chi connectivity index (χ3v) is 10.0. The van der Waals surface area contributed by atoms with Gasteiger partial charge in [0.05, 0.1) is 5.69 Å². The molecular weight excluding hydrogens is 541 g/mol. The molecule has 0 atom stereocenters. The molecule has 1 aromatic heterocycles. The first-order chi connectivity index (χ1) is 17.2. The van der Waals surface area contributed by atoms with E-state index < -0.39 is 27.7 Å². The molecule has 5 rings (SSSR count). The van der Waals surface area contributed by atoms with Crippen molar-refractivity contribution in [2.75, 3.05) is 6.61 Å². The monoisotopic (exact) mass is 559 g/mol. The lowest BCUT2D eigenvalue weighted by Gasteiger charge is -2.18. The van der Waals surface area contributed by atoms with E-state index in [1.807, 2.05) is 6.07 Å². The Bertz CT molecular complexity index is 1500. The van der Waals surface area contributed by atoms with E-state index in [1.54, 1.807) is 60.7 Å². The van der Waals surface area contributed by atoms with Gasteiger partial charge in [-0.15, -0.1) is 11.3 Å². The molecule has 1 aliphatic carbocycles. The number of rotatable bonds is 7. The Morgan fingerprint density at radius 2 is 1.58 bits per heavy atom. The first-order valence-corrected chi connectivity index (χ1v) is 14.1. The number of benzene rings is 3. The van der Waals surface area contributed by atoms with E-state index >= 15 is 0 Å². The first kappa shape index (κ1) is 24.8. The highest BCUT2D eigenvalue weighted by molar-refractivity contribution is 7.93. The van der Waals surface area contributed by atoms with Crippen LogP contribution in [-0.4, -0.2) is 31.1 Å². The summed E-state index contributed by atoms with van der Waals surface area (Å²) in [5.41, 5.74) is 3.31. The number of aryl methyl sites for hydroxylation is 1. The van der Waals surface area contributed by atoms with Crippen LogP contribution in [0.15, 0.2) is 71.1 Å². The highest BCUT2D eigenvalue weighted by atomic mass is 35.5. The SMILES string of the molecule is O=C(O)COc1cccc2c1CCc1sc(S(=O)(=O)C(c3ccc(Cl)cc3)c3ccc(Cl)cc3)nc1-2. The van der Waals surface area contributed by atoms with Crippen molar-refractivity contribution < 1.29 is 23.1 Å². The van der Waals surface area contributed by atoms with Crippen LogP contribution >= 0.6 is 34.5 Å². The Morgan fingerprint density at radius 3 is 2.17 bits per heavy atom. The molecule has 3 aromatic carbocycles. The van der Waals surface area contributed by atoms with Crippen LogP contribution in [0.3, 0.4) is 0 Å². The molecule has 1 N–H and O–H groups in total. The van der Waals surface area contributed by atoms with E-state index in [2.05, 4.69) is 4.98 Å². The molecule has 0 unspecified atom stereocenters. The molecule has 0 fully saturated rings. The molecule has 0 amide bonds. The lowest BCUT2D eigenvalue weighted by molar-refractivity contribution is -0.139. The van der Waals surface area contributed by atoms with Gasteiger partial charge in [0.15, 0.2) is 6.61 Å². The van der Waals surface area contributed by atoms with Crippen molar-refractivity contribution in [3.63, 3.8) is 0 Å². The minimum Gasteiger partial charge on any atom is -0.482 e. The van der Waals surface area contributed by atoms with Gasteiger partial charge in [-0.2, -0.15) is 0 Å². The van der Waals surface area contributed by atoms with Crippen LogP contribution in [0.25, 0.3) is 11.3 Å². The highest BCUT2D eigenvalue weighted by Crippen LogP contribution is 2.44. The van der Waals surface area contributed by atoms with E-state index in [1.165, 1.54) is 11.3 Å². The fourth-order valence-electron chi connectivity index (χ4n) is 4.32. The second kappa shape index (κ2) is 9.86. The normalized spacial score (nSPS) is 12.8. The van der Waals surface area contributed by atoms with Gasteiger partial charge in [-0.3, -0.25) is 0 Å². The second-order valence-corrected chi connectivity index (χ2v) is 12.4. The standard InChI is InChI=1S/C26H19Cl2NO5S2/c27-17-8-4-15(5-9-17)25(16-6-10-18(28)11-7-16)36(32,33)26-29-24-20-2-1-3-21(34-14-23(30)31)19(20)12-13-22(24)35-26/h1-11,25H,12-14H2,(H,30,31). The lowest BCUT2D eigenvalue weighted by Crippen LogP contribution is -2.15. The molecule has 1 heterocycles. The molecule has 0 bridgehead atoms. The quantitative estimate of drug-likeness (QED) is 0.288. The smallest absolute Gasteiger partial charge is 0.341 e. The lowest BCUT2D eigenvalue weighted by atomic mass is 9.93. The number of thiazole rings is 1. The third-order valence-electron chi connectivity index (χ3n) is 5.92. The fraction of sp³-hybridized carbons (Fsp3) is 0.154. The van der Waals surface area contributed by atoms with E-state index in [0.29, 0.717) is 45.5 Å². The number of carboxylic acids is 1. The van der Waals surface area contributed by atoms with Gasteiger partial charge >= 0.3 is 5.97 Å². The Hall–Kier alpha value is -2.91.